The number of anilines is 1. The van der Waals surface area contributed by atoms with Crippen molar-refractivity contribution in [3.8, 4) is 0 Å². The second-order valence-corrected chi connectivity index (χ2v) is 4.45. The largest absolute Gasteiger partial charge is 0.481 e. The smallest absolute Gasteiger partial charge is 0.305 e. The summed E-state index contributed by atoms with van der Waals surface area (Å²) in [6, 6.07) is 4.49. The lowest BCUT2D eigenvalue weighted by Crippen LogP contribution is -2.24. The van der Waals surface area contributed by atoms with Gasteiger partial charge in [-0.25, -0.2) is 0 Å². The summed E-state index contributed by atoms with van der Waals surface area (Å²) in [5.74, 6) is -0.915. The third-order valence-electron chi connectivity index (χ3n) is 2.85. The van der Waals surface area contributed by atoms with Gasteiger partial charge in [-0.05, 0) is 18.9 Å². The van der Waals surface area contributed by atoms with Crippen molar-refractivity contribution in [1.29, 1.82) is 0 Å². The summed E-state index contributed by atoms with van der Waals surface area (Å²) in [6.45, 7) is 3.71. The summed E-state index contributed by atoms with van der Waals surface area (Å²) < 4.78 is 0. The van der Waals surface area contributed by atoms with Gasteiger partial charge in [-0.1, -0.05) is 25.5 Å². The molecule has 104 valence electrons. The Kier molecular flexibility index (Phi) is 5.29. The molecule has 0 aromatic heterocycles. The van der Waals surface area contributed by atoms with Crippen LogP contribution in [0.25, 0.3) is 0 Å². The average molecular weight is 266 g/mol. The maximum atomic E-state index is 11.0. The number of carboxylic acid groups (broad SMARTS) is 1. The molecule has 0 aliphatic heterocycles. The first-order chi connectivity index (χ1) is 8.95. The van der Waals surface area contributed by atoms with E-state index in [0.29, 0.717) is 12.1 Å². The van der Waals surface area contributed by atoms with E-state index in [-0.39, 0.29) is 18.2 Å². The van der Waals surface area contributed by atoms with Crippen molar-refractivity contribution in [2.75, 3.05) is 5.32 Å². The Morgan fingerprint density at radius 3 is 2.74 bits per heavy atom. The molecule has 0 fully saturated rings. The van der Waals surface area contributed by atoms with Crippen LogP contribution in [0.2, 0.25) is 0 Å². The fourth-order valence-electron chi connectivity index (χ4n) is 1.98. The normalized spacial score (nSPS) is 11.9. The van der Waals surface area contributed by atoms with Gasteiger partial charge in [0, 0.05) is 12.1 Å². The van der Waals surface area contributed by atoms with E-state index in [9.17, 15) is 14.9 Å². The van der Waals surface area contributed by atoms with Crippen LogP contribution < -0.4 is 5.32 Å². The number of aliphatic carboxylic acids is 1. The van der Waals surface area contributed by atoms with Crippen LogP contribution in [-0.4, -0.2) is 22.0 Å². The summed E-state index contributed by atoms with van der Waals surface area (Å²) >= 11 is 0. The van der Waals surface area contributed by atoms with E-state index in [1.807, 2.05) is 6.92 Å². The molecular weight excluding hydrogens is 248 g/mol. The van der Waals surface area contributed by atoms with Crippen molar-refractivity contribution in [1.82, 2.24) is 0 Å². The van der Waals surface area contributed by atoms with Crippen molar-refractivity contribution < 1.29 is 14.8 Å². The van der Waals surface area contributed by atoms with Crippen molar-refractivity contribution >= 4 is 17.3 Å². The van der Waals surface area contributed by atoms with Gasteiger partial charge < -0.3 is 10.4 Å². The fraction of sp³-hybridized carbons (Fsp3) is 0.462. The Balaban J connectivity index is 3.00. The molecule has 1 unspecified atom stereocenters. The van der Waals surface area contributed by atoms with E-state index in [1.165, 1.54) is 6.07 Å². The third-order valence-corrected chi connectivity index (χ3v) is 2.85. The number of nitro benzene ring substituents is 1. The standard InChI is InChI=1S/C13H18N2O4/c1-3-5-10(8-12(16)17)14-13-9(2)6-4-7-11(13)15(18)19/h4,6-7,10,14H,3,5,8H2,1-2H3,(H,16,17). The number of benzene rings is 1. The molecule has 2 N–H and O–H groups in total. The van der Waals surface area contributed by atoms with Gasteiger partial charge in [-0.2, -0.15) is 0 Å². The average Bonchev–Trinajstić information content (AvgIpc) is 2.30. The van der Waals surface area contributed by atoms with Gasteiger partial charge >= 0.3 is 5.97 Å². The monoisotopic (exact) mass is 266 g/mol. The van der Waals surface area contributed by atoms with Crippen molar-refractivity contribution in [3.63, 3.8) is 0 Å². The third kappa shape index (κ3) is 4.24. The van der Waals surface area contributed by atoms with E-state index in [2.05, 4.69) is 5.32 Å². The molecule has 0 saturated carbocycles. The van der Waals surface area contributed by atoms with E-state index < -0.39 is 10.9 Å². The maximum absolute atomic E-state index is 11.0. The van der Waals surface area contributed by atoms with Crippen LogP contribution in [-0.2, 0) is 4.79 Å². The van der Waals surface area contributed by atoms with Crippen LogP contribution in [0.5, 0.6) is 0 Å². The minimum atomic E-state index is -0.915. The quantitative estimate of drug-likeness (QED) is 0.584. The number of carboxylic acids is 1. The Bertz CT molecular complexity index is 474. The molecule has 0 heterocycles. The van der Waals surface area contributed by atoms with E-state index in [0.717, 1.165) is 12.0 Å². The Hall–Kier alpha value is -2.11. The number of nitrogens with one attached hydrogen (secondary N) is 1. The summed E-state index contributed by atoms with van der Waals surface area (Å²) in [5, 5.41) is 22.9. The number of rotatable bonds is 7. The highest BCUT2D eigenvalue weighted by Gasteiger charge is 2.20. The zero-order valence-corrected chi connectivity index (χ0v) is 11.0. The first-order valence-electron chi connectivity index (χ1n) is 6.18. The molecule has 1 aromatic carbocycles. The van der Waals surface area contributed by atoms with Gasteiger partial charge in [0.25, 0.3) is 5.69 Å². The van der Waals surface area contributed by atoms with Crippen molar-refractivity contribution in [3.05, 3.63) is 33.9 Å². The Morgan fingerprint density at radius 2 is 2.21 bits per heavy atom. The Labute approximate surface area is 111 Å². The minimum Gasteiger partial charge on any atom is -0.481 e. The molecule has 0 spiro atoms. The summed E-state index contributed by atoms with van der Waals surface area (Å²) in [7, 11) is 0. The zero-order chi connectivity index (χ0) is 14.4. The number of carbonyl (C=O) groups is 1. The molecule has 0 radical (unpaired) electrons. The first-order valence-corrected chi connectivity index (χ1v) is 6.18. The molecule has 0 bridgehead atoms. The molecular formula is C13H18N2O4. The zero-order valence-electron chi connectivity index (χ0n) is 11.0. The molecule has 0 saturated heterocycles. The topological polar surface area (TPSA) is 92.5 Å². The van der Waals surface area contributed by atoms with Gasteiger partial charge in [0.05, 0.1) is 11.3 Å². The number of nitro groups is 1. The van der Waals surface area contributed by atoms with Gasteiger partial charge in [0.15, 0.2) is 0 Å². The van der Waals surface area contributed by atoms with Crippen molar-refractivity contribution in [2.45, 2.75) is 39.2 Å². The SMILES string of the molecule is CCCC(CC(=O)O)Nc1c(C)cccc1[N+](=O)[O-]. The van der Waals surface area contributed by atoms with Gasteiger partial charge in [-0.3, -0.25) is 14.9 Å². The predicted octanol–water partition coefficient (Wildman–Crippen LogP) is 2.96. The van der Waals surface area contributed by atoms with Crippen LogP contribution in [0, 0.1) is 17.0 Å². The van der Waals surface area contributed by atoms with Crippen LogP contribution in [0.3, 0.4) is 0 Å². The second kappa shape index (κ2) is 6.72. The minimum absolute atomic E-state index is 0.0218. The van der Waals surface area contributed by atoms with Crippen LogP contribution in [0.1, 0.15) is 31.7 Å². The Morgan fingerprint density at radius 1 is 1.53 bits per heavy atom. The molecule has 1 aromatic rings. The molecule has 0 amide bonds. The van der Waals surface area contributed by atoms with E-state index in [4.69, 9.17) is 5.11 Å². The van der Waals surface area contributed by atoms with Gasteiger partial charge in [0.2, 0.25) is 0 Å². The molecule has 0 aliphatic rings. The highest BCUT2D eigenvalue weighted by atomic mass is 16.6. The number of aryl methyl sites for hydroxylation is 1. The van der Waals surface area contributed by atoms with Crippen LogP contribution in [0.15, 0.2) is 18.2 Å². The highest BCUT2D eigenvalue weighted by Crippen LogP contribution is 2.29. The molecule has 19 heavy (non-hydrogen) atoms. The van der Waals surface area contributed by atoms with E-state index in [1.54, 1.807) is 19.1 Å². The lowest BCUT2D eigenvalue weighted by Gasteiger charge is -2.18. The number of para-hydroxylation sites is 1. The van der Waals surface area contributed by atoms with Gasteiger partial charge in [-0.15, -0.1) is 0 Å². The lowest BCUT2D eigenvalue weighted by atomic mass is 10.1. The second-order valence-electron chi connectivity index (χ2n) is 4.45. The summed E-state index contributed by atoms with van der Waals surface area (Å²) in [4.78, 5) is 21.3. The lowest BCUT2D eigenvalue weighted by molar-refractivity contribution is -0.384. The van der Waals surface area contributed by atoms with E-state index >= 15 is 0 Å². The molecule has 1 atom stereocenters. The fourth-order valence-corrected chi connectivity index (χ4v) is 1.98. The predicted molar refractivity (Wildman–Crippen MR) is 72.4 cm³/mol. The number of nitrogens with zero attached hydrogens (tertiary/aromatic N) is 1. The first kappa shape index (κ1) is 14.9. The summed E-state index contributed by atoms with van der Waals surface area (Å²) in [6.07, 6.45) is 1.40. The number of hydrogen-bond donors (Lipinski definition) is 2. The number of hydrogen-bond acceptors (Lipinski definition) is 4. The molecule has 6 nitrogen and oxygen atoms in total. The van der Waals surface area contributed by atoms with Gasteiger partial charge in [0.1, 0.15) is 5.69 Å². The molecule has 0 aliphatic carbocycles. The van der Waals surface area contributed by atoms with Crippen LogP contribution in [0.4, 0.5) is 11.4 Å². The van der Waals surface area contributed by atoms with Crippen molar-refractivity contribution in [2.24, 2.45) is 0 Å². The molecule has 1 rings (SSSR count). The summed E-state index contributed by atoms with van der Waals surface area (Å²) in [5.41, 5.74) is 1.12. The molecule has 6 heteroatoms. The van der Waals surface area contributed by atoms with Crippen LogP contribution >= 0.6 is 0 Å². The maximum Gasteiger partial charge on any atom is 0.305 e. The highest BCUT2D eigenvalue weighted by molar-refractivity contribution is 5.70.